The predicted octanol–water partition coefficient (Wildman–Crippen LogP) is 8.27. The summed E-state index contributed by atoms with van der Waals surface area (Å²) in [5.74, 6) is 2.99. The van der Waals surface area contributed by atoms with Gasteiger partial charge in [0.1, 0.15) is 0 Å². The number of allylic oxidation sites excluding steroid dienone is 2. The minimum Gasteiger partial charge on any atom is -0.494 e. The number of methoxy groups -OCH3 is 1. The van der Waals surface area contributed by atoms with Crippen molar-refractivity contribution in [2.75, 3.05) is 7.11 Å². The van der Waals surface area contributed by atoms with Crippen LogP contribution in [0.2, 0.25) is 0 Å². The Balaban J connectivity index is 1.37. The highest BCUT2D eigenvalue weighted by molar-refractivity contribution is 5.29. The van der Waals surface area contributed by atoms with Crippen LogP contribution in [0.5, 0.6) is 5.75 Å². The Hall–Kier alpha value is -1.31. The summed E-state index contributed by atoms with van der Waals surface area (Å²) < 4.78 is 18.9. The van der Waals surface area contributed by atoms with E-state index in [0.29, 0.717) is 5.75 Å². The van der Waals surface area contributed by atoms with Crippen LogP contribution in [-0.4, -0.2) is 7.11 Å². The van der Waals surface area contributed by atoms with Gasteiger partial charge in [-0.2, -0.15) is 0 Å². The monoisotopic (exact) mass is 400 g/mol. The quantitative estimate of drug-likeness (QED) is 0.284. The Labute approximate surface area is 178 Å². The molecule has 1 aromatic rings. The second-order valence-electron chi connectivity index (χ2n) is 9.50. The zero-order valence-corrected chi connectivity index (χ0v) is 18.7. The minimum absolute atomic E-state index is 0.247. The molecule has 2 heteroatoms. The van der Waals surface area contributed by atoms with Gasteiger partial charge in [0.15, 0.2) is 11.6 Å². The Morgan fingerprint density at radius 1 is 0.966 bits per heavy atom. The molecule has 1 unspecified atom stereocenters. The van der Waals surface area contributed by atoms with Crippen molar-refractivity contribution in [2.24, 2.45) is 17.8 Å². The molecule has 2 aliphatic rings. The fraction of sp³-hybridized carbons (Fsp3) is 0.704. The fourth-order valence-electron chi connectivity index (χ4n) is 5.54. The van der Waals surface area contributed by atoms with E-state index in [1.807, 2.05) is 6.07 Å². The van der Waals surface area contributed by atoms with Gasteiger partial charge in [-0.25, -0.2) is 4.39 Å². The van der Waals surface area contributed by atoms with Crippen LogP contribution in [0.4, 0.5) is 4.39 Å². The van der Waals surface area contributed by atoms with Crippen molar-refractivity contribution in [3.05, 3.63) is 41.2 Å². The molecule has 29 heavy (non-hydrogen) atoms. The molecule has 1 atom stereocenters. The van der Waals surface area contributed by atoms with Gasteiger partial charge in [-0.05, 0) is 80.4 Å². The highest BCUT2D eigenvalue weighted by Gasteiger charge is 2.28. The second-order valence-corrected chi connectivity index (χ2v) is 9.50. The maximum Gasteiger partial charge on any atom is 0.165 e. The van der Waals surface area contributed by atoms with Crippen LogP contribution in [0.15, 0.2) is 29.8 Å². The molecule has 0 spiro atoms. The average molecular weight is 401 g/mol. The van der Waals surface area contributed by atoms with Crippen molar-refractivity contribution < 1.29 is 9.13 Å². The van der Waals surface area contributed by atoms with Gasteiger partial charge in [0.25, 0.3) is 0 Å². The maximum absolute atomic E-state index is 13.9. The van der Waals surface area contributed by atoms with Gasteiger partial charge >= 0.3 is 0 Å². The van der Waals surface area contributed by atoms with E-state index in [1.165, 1.54) is 84.2 Å². The number of benzene rings is 1. The molecule has 1 fully saturated rings. The standard InChI is InChI=1S/C27H41FO/c1-3-4-5-6-7-21-10-15-24(16-11-21)25-17-12-22(13-18-25)8-9-23-14-19-27(29-2)26(28)20-23/h12,14,19-21,24-25H,3-11,13,15-18H2,1-2H3/t21-,24-,25?. The molecule has 0 bridgehead atoms. The van der Waals surface area contributed by atoms with Gasteiger partial charge in [0.05, 0.1) is 7.11 Å². The van der Waals surface area contributed by atoms with Gasteiger partial charge in [-0.1, -0.05) is 69.6 Å². The van der Waals surface area contributed by atoms with Crippen LogP contribution >= 0.6 is 0 Å². The van der Waals surface area contributed by atoms with Crippen molar-refractivity contribution in [3.8, 4) is 5.75 Å². The molecular formula is C27H41FO. The van der Waals surface area contributed by atoms with Crippen molar-refractivity contribution >= 4 is 0 Å². The number of ether oxygens (including phenoxy) is 1. The Bertz CT molecular complexity index is 642. The first-order valence-corrected chi connectivity index (χ1v) is 12.2. The minimum atomic E-state index is -0.247. The summed E-state index contributed by atoms with van der Waals surface area (Å²) in [5, 5.41) is 0. The van der Waals surface area contributed by atoms with E-state index in [2.05, 4.69) is 13.0 Å². The van der Waals surface area contributed by atoms with E-state index in [1.54, 1.807) is 17.7 Å². The van der Waals surface area contributed by atoms with Crippen LogP contribution in [0.3, 0.4) is 0 Å². The smallest absolute Gasteiger partial charge is 0.165 e. The lowest BCUT2D eigenvalue weighted by molar-refractivity contribution is 0.185. The van der Waals surface area contributed by atoms with Crippen molar-refractivity contribution in [1.29, 1.82) is 0 Å². The predicted molar refractivity (Wildman–Crippen MR) is 121 cm³/mol. The molecule has 0 aliphatic heterocycles. The molecule has 1 aromatic carbocycles. The molecule has 3 rings (SSSR count). The Morgan fingerprint density at radius 2 is 1.79 bits per heavy atom. The molecule has 162 valence electrons. The zero-order chi connectivity index (χ0) is 20.5. The van der Waals surface area contributed by atoms with Gasteiger partial charge in [0.2, 0.25) is 0 Å². The molecule has 0 heterocycles. The summed E-state index contributed by atoms with van der Waals surface area (Å²) in [5.41, 5.74) is 2.66. The summed E-state index contributed by atoms with van der Waals surface area (Å²) in [6, 6.07) is 5.37. The Kier molecular flexibility index (Phi) is 9.08. The molecule has 0 amide bonds. The van der Waals surface area contributed by atoms with Crippen molar-refractivity contribution in [2.45, 2.75) is 96.8 Å². The van der Waals surface area contributed by atoms with Crippen LogP contribution in [-0.2, 0) is 6.42 Å². The highest BCUT2D eigenvalue weighted by atomic mass is 19.1. The number of hydrogen-bond donors (Lipinski definition) is 0. The van der Waals surface area contributed by atoms with Crippen LogP contribution in [0, 0.1) is 23.6 Å². The van der Waals surface area contributed by atoms with Crippen LogP contribution in [0.1, 0.15) is 96.0 Å². The lowest BCUT2D eigenvalue weighted by Crippen LogP contribution is -2.23. The molecule has 0 aromatic heterocycles. The Morgan fingerprint density at radius 3 is 2.45 bits per heavy atom. The summed E-state index contributed by atoms with van der Waals surface area (Å²) >= 11 is 0. The zero-order valence-electron chi connectivity index (χ0n) is 18.7. The first kappa shape index (κ1) is 22.4. The maximum atomic E-state index is 13.9. The average Bonchev–Trinajstić information content (AvgIpc) is 2.76. The summed E-state index contributed by atoms with van der Waals surface area (Å²) in [6.07, 6.45) is 21.5. The van der Waals surface area contributed by atoms with Gasteiger partial charge < -0.3 is 4.74 Å². The summed E-state index contributed by atoms with van der Waals surface area (Å²) in [6.45, 7) is 2.30. The third-order valence-electron chi connectivity index (χ3n) is 7.52. The SMILES string of the molecule is CCCCCC[C@H]1CC[C@H](C2CC=C(CCc3ccc(OC)c(F)c3)CC2)CC1. The number of halogens is 1. The highest BCUT2D eigenvalue weighted by Crippen LogP contribution is 2.41. The van der Waals surface area contributed by atoms with E-state index >= 15 is 0 Å². The fourth-order valence-corrected chi connectivity index (χ4v) is 5.54. The molecule has 2 aliphatic carbocycles. The first-order valence-electron chi connectivity index (χ1n) is 12.2. The lowest BCUT2D eigenvalue weighted by atomic mass is 9.70. The van der Waals surface area contributed by atoms with E-state index in [-0.39, 0.29) is 5.82 Å². The van der Waals surface area contributed by atoms with E-state index in [4.69, 9.17) is 4.74 Å². The number of rotatable bonds is 10. The van der Waals surface area contributed by atoms with Crippen molar-refractivity contribution in [1.82, 2.24) is 0 Å². The van der Waals surface area contributed by atoms with Gasteiger partial charge in [-0.3, -0.25) is 0 Å². The molecule has 0 saturated heterocycles. The summed E-state index contributed by atoms with van der Waals surface area (Å²) in [4.78, 5) is 0. The first-order chi connectivity index (χ1) is 14.2. The number of hydrogen-bond acceptors (Lipinski definition) is 1. The second kappa shape index (κ2) is 11.8. The van der Waals surface area contributed by atoms with E-state index in [0.717, 1.165) is 36.2 Å². The van der Waals surface area contributed by atoms with Crippen LogP contribution < -0.4 is 4.74 Å². The number of aryl methyl sites for hydroxylation is 1. The third-order valence-corrected chi connectivity index (χ3v) is 7.52. The molecule has 0 N–H and O–H groups in total. The van der Waals surface area contributed by atoms with E-state index < -0.39 is 0 Å². The van der Waals surface area contributed by atoms with Crippen LogP contribution in [0.25, 0.3) is 0 Å². The molecular weight excluding hydrogens is 359 g/mol. The largest absolute Gasteiger partial charge is 0.494 e. The third kappa shape index (κ3) is 6.86. The number of unbranched alkanes of at least 4 members (excludes halogenated alkanes) is 3. The summed E-state index contributed by atoms with van der Waals surface area (Å²) in [7, 11) is 1.52. The van der Waals surface area contributed by atoms with Gasteiger partial charge in [-0.15, -0.1) is 0 Å². The molecule has 1 nitrogen and oxygen atoms in total. The molecule has 1 saturated carbocycles. The topological polar surface area (TPSA) is 9.23 Å². The van der Waals surface area contributed by atoms with Crippen molar-refractivity contribution in [3.63, 3.8) is 0 Å². The normalized spacial score (nSPS) is 24.9. The van der Waals surface area contributed by atoms with E-state index in [9.17, 15) is 4.39 Å². The van der Waals surface area contributed by atoms with Gasteiger partial charge in [0, 0.05) is 0 Å². The lowest BCUT2D eigenvalue weighted by Gasteiger charge is -2.35. The molecule has 0 radical (unpaired) electrons.